The molecule has 0 saturated heterocycles. The van der Waals surface area contributed by atoms with Crippen molar-refractivity contribution in [3.8, 4) is 0 Å². The number of carbonyl (C=O) groups is 1. The number of halogens is 1. The third-order valence-electron chi connectivity index (χ3n) is 3.26. The molecule has 0 unspecified atom stereocenters. The number of nitrogens with zero attached hydrogens (tertiary/aromatic N) is 1. The van der Waals surface area contributed by atoms with Crippen LogP contribution in [-0.2, 0) is 19.0 Å². The zero-order chi connectivity index (χ0) is 15.8. The van der Waals surface area contributed by atoms with Gasteiger partial charge in [-0.15, -0.1) is 0 Å². The number of hydrogen-bond donors (Lipinski definition) is 0. The summed E-state index contributed by atoms with van der Waals surface area (Å²) in [5.74, 6) is 0.541. The third kappa shape index (κ3) is 4.93. The van der Waals surface area contributed by atoms with Crippen molar-refractivity contribution in [2.75, 3.05) is 44.9 Å². The molecule has 5 nitrogen and oxygen atoms in total. The van der Waals surface area contributed by atoms with Gasteiger partial charge in [0.15, 0.2) is 0 Å². The fraction of sp³-hybridized carbons (Fsp3) is 0.438. The molecular weight excluding hydrogens is 306 g/mol. The number of ether oxygens (including phenoxy) is 3. The molecule has 0 spiro atoms. The number of methoxy groups -OCH3 is 1. The normalized spacial score (nSPS) is 14.5. The Morgan fingerprint density at radius 1 is 1.32 bits per heavy atom. The van der Waals surface area contributed by atoms with E-state index in [9.17, 15) is 4.79 Å². The van der Waals surface area contributed by atoms with Crippen LogP contribution < -0.4 is 4.90 Å². The Morgan fingerprint density at radius 2 is 2.14 bits per heavy atom. The Labute approximate surface area is 135 Å². The zero-order valence-electron chi connectivity index (χ0n) is 12.6. The maximum absolute atomic E-state index is 11.1. The van der Waals surface area contributed by atoms with E-state index in [-0.39, 0.29) is 19.2 Å². The monoisotopic (exact) mass is 325 g/mol. The highest BCUT2D eigenvalue weighted by Gasteiger charge is 2.15. The lowest BCUT2D eigenvalue weighted by Crippen LogP contribution is -2.29. The van der Waals surface area contributed by atoms with Crippen molar-refractivity contribution in [1.29, 1.82) is 0 Å². The van der Waals surface area contributed by atoms with Crippen molar-refractivity contribution in [1.82, 2.24) is 0 Å². The van der Waals surface area contributed by atoms with Gasteiger partial charge in [0, 0.05) is 26.6 Å². The molecule has 0 radical (unpaired) electrons. The van der Waals surface area contributed by atoms with Crippen LogP contribution in [0.25, 0.3) is 0 Å². The predicted octanol–water partition coefficient (Wildman–Crippen LogP) is 2.64. The number of rotatable bonds is 7. The van der Waals surface area contributed by atoms with E-state index in [0.717, 1.165) is 36.0 Å². The number of esters is 1. The molecule has 1 aliphatic heterocycles. The van der Waals surface area contributed by atoms with Gasteiger partial charge in [-0.1, -0.05) is 23.7 Å². The summed E-state index contributed by atoms with van der Waals surface area (Å²) in [7, 11) is 1.45. The molecule has 0 saturated carbocycles. The number of carbonyl (C=O) groups excluding carboxylic acids is 1. The average molecular weight is 326 g/mol. The van der Waals surface area contributed by atoms with Crippen LogP contribution in [0.15, 0.2) is 36.1 Å². The van der Waals surface area contributed by atoms with E-state index < -0.39 is 0 Å². The molecule has 0 aliphatic carbocycles. The van der Waals surface area contributed by atoms with Crippen molar-refractivity contribution in [3.63, 3.8) is 0 Å². The highest BCUT2D eigenvalue weighted by Crippen LogP contribution is 2.27. The highest BCUT2D eigenvalue weighted by molar-refractivity contribution is 6.33. The van der Waals surface area contributed by atoms with Crippen molar-refractivity contribution in [2.45, 2.75) is 6.42 Å². The first kappa shape index (κ1) is 16.6. The topological polar surface area (TPSA) is 48.0 Å². The second-order valence-electron chi connectivity index (χ2n) is 4.82. The Hall–Kier alpha value is -1.72. The van der Waals surface area contributed by atoms with Gasteiger partial charge in [0.05, 0.1) is 16.5 Å². The first-order chi connectivity index (χ1) is 10.7. The summed E-state index contributed by atoms with van der Waals surface area (Å²) >= 11 is 6.20. The van der Waals surface area contributed by atoms with Crippen molar-refractivity contribution in [2.24, 2.45) is 0 Å². The first-order valence-corrected chi connectivity index (χ1v) is 7.54. The number of anilines is 1. The Bertz CT molecular complexity index is 533. The number of hydrogen-bond acceptors (Lipinski definition) is 5. The van der Waals surface area contributed by atoms with E-state index >= 15 is 0 Å². The summed E-state index contributed by atoms with van der Waals surface area (Å²) in [5, 5.41) is 0.755. The van der Waals surface area contributed by atoms with Gasteiger partial charge in [0.25, 0.3) is 0 Å². The summed E-state index contributed by atoms with van der Waals surface area (Å²) in [6.07, 6.45) is 2.83. The van der Waals surface area contributed by atoms with Gasteiger partial charge in [-0.05, 0) is 18.2 Å². The summed E-state index contributed by atoms with van der Waals surface area (Å²) in [5.41, 5.74) is 1.04. The van der Waals surface area contributed by atoms with Crippen LogP contribution in [0.1, 0.15) is 6.42 Å². The van der Waals surface area contributed by atoms with Crippen molar-refractivity contribution in [3.05, 3.63) is 41.1 Å². The van der Waals surface area contributed by atoms with Crippen LogP contribution in [0.2, 0.25) is 5.02 Å². The molecule has 0 atom stereocenters. The molecule has 0 aromatic heterocycles. The van der Waals surface area contributed by atoms with Crippen LogP contribution in [0, 0.1) is 0 Å². The summed E-state index contributed by atoms with van der Waals surface area (Å²) in [6.45, 7) is 2.15. The molecule has 0 fully saturated rings. The number of benzene rings is 1. The molecule has 0 amide bonds. The fourth-order valence-corrected chi connectivity index (χ4v) is 2.45. The van der Waals surface area contributed by atoms with Gasteiger partial charge in [-0.25, -0.2) is 4.79 Å². The second-order valence-corrected chi connectivity index (χ2v) is 5.23. The molecule has 1 heterocycles. The number of para-hydroxylation sites is 1. The van der Waals surface area contributed by atoms with E-state index in [2.05, 4.69) is 9.64 Å². The zero-order valence-corrected chi connectivity index (χ0v) is 13.3. The third-order valence-corrected chi connectivity index (χ3v) is 3.58. The van der Waals surface area contributed by atoms with Crippen molar-refractivity contribution < 1.29 is 19.0 Å². The lowest BCUT2D eigenvalue weighted by molar-refractivity contribution is -0.149. The quantitative estimate of drug-likeness (QED) is 0.570. The molecular formula is C16H20ClNO4. The van der Waals surface area contributed by atoms with Crippen molar-refractivity contribution >= 4 is 23.3 Å². The highest BCUT2D eigenvalue weighted by atomic mass is 35.5. The van der Waals surface area contributed by atoms with Crippen LogP contribution in [0.5, 0.6) is 0 Å². The van der Waals surface area contributed by atoms with Gasteiger partial charge >= 0.3 is 5.97 Å². The Balaban J connectivity index is 1.73. The maximum Gasteiger partial charge on any atom is 0.332 e. The maximum atomic E-state index is 11.1. The van der Waals surface area contributed by atoms with Gasteiger partial charge in [-0.3, -0.25) is 0 Å². The van der Waals surface area contributed by atoms with Crippen LogP contribution >= 0.6 is 11.6 Å². The molecule has 1 aliphatic rings. The summed E-state index contributed by atoms with van der Waals surface area (Å²) < 4.78 is 15.2. The predicted molar refractivity (Wildman–Crippen MR) is 85.2 cm³/mol. The minimum absolute atomic E-state index is 0.0323. The molecule has 0 N–H and O–H groups in total. The van der Waals surface area contributed by atoms with Crippen LogP contribution in [0.3, 0.4) is 0 Å². The molecule has 0 bridgehead atoms. The minimum Gasteiger partial charge on any atom is -0.495 e. The Morgan fingerprint density at radius 3 is 2.82 bits per heavy atom. The Kier molecular flexibility index (Phi) is 6.55. The van der Waals surface area contributed by atoms with E-state index in [4.69, 9.17) is 21.1 Å². The lowest BCUT2D eigenvalue weighted by Gasteiger charge is -2.29. The van der Waals surface area contributed by atoms with Crippen LogP contribution in [-0.4, -0.2) is 46.0 Å². The molecule has 6 heteroatoms. The van der Waals surface area contributed by atoms with Gasteiger partial charge in [0.1, 0.15) is 19.8 Å². The summed E-state index contributed by atoms with van der Waals surface area (Å²) in [6, 6.07) is 7.80. The van der Waals surface area contributed by atoms with Gasteiger partial charge in [0.2, 0.25) is 0 Å². The largest absolute Gasteiger partial charge is 0.495 e. The van der Waals surface area contributed by atoms with Gasteiger partial charge in [-0.2, -0.15) is 0 Å². The minimum atomic E-state index is -0.381. The standard InChI is InChI=1S/C16H20ClNO4/c1-20-12-16(19)22-11-10-21-13-6-8-18(9-7-13)15-5-3-2-4-14(15)17/h2-6H,7-12H2,1H3. The molecule has 120 valence electrons. The van der Waals surface area contributed by atoms with E-state index in [0.29, 0.717) is 6.61 Å². The summed E-state index contributed by atoms with van der Waals surface area (Å²) in [4.78, 5) is 13.3. The molecule has 1 aromatic carbocycles. The fourth-order valence-electron chi connectivity index (χ4n) is 2.20. The first-order valence-electron chi connectivity index (χ1n) is 7.16. The SMILES string of the molecule is COCC(=O)OCCOC1=CCN(c2ccccc2Cl)CC1. The van der Waals surface area contributed by atoms with Gasteiger partial charge < -0.3 is 19.1 Å². The lowest BCUT2D eigenvalue weighted by atomic mass is 10.2. The molecule has 1 aromatic rings. The smallest absolute Gasteiger partial charge is 0.332 e. The average Bonchev–Trinajstić information content (AvgIpc) is 2.53. The second kappa shape index (κ2) is 8.66. The molecule has 2 rings (SSSR count). The van der Waals surface area contributed by atoms with E-state index in [1.807, 2.05) is 30.3 Å². The molecule has 22 heavy (non-hydrogen) atoms. The van der Waals surface area contributed by atoms with E-state index in [1.165, 1.54) is 7.11 Å². The van der Waals surface area contributed by atoms with E-state index in [1.54, 1.807) is 0 Å². The van der Waals surface area contributed by atoms with Crippen LogP contribution in [0.4, 0.5) is 5.69 Å².